The van der Waals surface area contributed by atoms with Crippen molar-refractivity contribution < 1.29 is 9.72 Å². The van der Waals surface area contributed by atoms with Gasteiger partial charge in [0.2, 0.25) is 0 Å². The van der Waals surface area contributed by atoms with Crippen LogP contribution in [0.25, 0.3) is 0 Å². The van der Waals surface area contributed by atoms with Crippen LogP contribution in [0.2, 0.25) is 5.02 Å². The van der Waals surface area contributed by atoms with Crippen molar-refractivity contribution in [3.63, 3.8) is 0 Å². The second kappa shape index (κ2) is 7.04. The second-order valence-electron chi connectivity index (χ2n) is 4.70. The predicted octanol–water partition coefficient (Wildman–Crippen LogP) is 3.93. The van der Waals surface area contributed by atoms with Crippen LogP contribution in [-0.2, 0) is 0 Å². The van der Waals surface area contributed by atoms with Crippen molar-refractivity contribution in [1.82, 2.24) is 5.32 Å². The van der Waals surface area contributed by atoms with Gasteiger partial charge in [0.1, 0.15) is 5.56 Å². The van der Waals surface area contributed by atoms with Crippen molar-refractivity contribution in [2.24, 2.45) is 0 Å². The van der Waals surface area contributed by atoms with E-state index in [9.17, 15) is 14.9 Å². The van der Waals surface area contributed by atoms with Gasteiger partial charge >= 0.3 is 0 Å². The van der Waals surface area contributed by atoms with Crippen LogP contribution in [0.15, 0.2) is 18.2 Å². The molecule has 0 fully saturated rings. The molecule has 1 rings (SSSR count). The van der Waals surface area contributed by atoms with Gasteiger partial charge < -0.3 is 5.32 Å². The first-order valence-corrected chi connectivity index (χ1v) is 7.66. The second-order valence-corrected chi connectivity index (χ2v) is 5.90. The Morgan fingerprint density at radius 3 is 2.70 bits per heavy atom. The molecule has 0 aliphatic rings. The molecule has 0 aliphatic heterocycles. The number of hydrogen-bond acceptors (Lipinski definition) is 3. The molecule has 1 aromatic carbocycles. The number of alkyl halides is 1. The number of halogens is 2. The number of hydrogen-bond donors (Lipinski definition) is 1. The SMILES string of the molecule is CCC(C)(CCBr)NC(=O)c1c(Cl)cccc1[N+](=O)[O-]. The summed E-state index contributed by atoms with van der Waals surface area (Å²) < 4.78 is 0. The van der Waals surface area contributed by atoms with Gasteiger partial charge in [-0.2, -0.15) is 0 Å². The first-order chi connectivity index (χ1) is 9.34. The number of carbonyl (C=O) groups is 1. The maximum Gasteiger partial charge on any atom is 0.283 e. The molecule has 0 radical (unpaired) electrons. The van der Waals surface area contributed by atoms with Gasteiger partial charge in [-0.05, 0) is 25.8 Å². The van der Waals surface area contributed by atoms with E-state index in [1.807, 2.05) is 13.8 Å². The van der Waals surface area contributed by atoms with Gasteiger partial charge in [0, 0.05) is 16.9 Å². The summed E-state index contributed by atoms with van der Waals surface area (Å²) in [6, 6.07) is 4.19. The molecule has 0 saturated heterocycles. The van der Waals surface area contributed by atoms with Crippen LogP contribution in [0, 0.1) is 10.1 Å². The third-order valence-electron chi connectivity index (χ3n) is 3.26. The molecular formula is C13H16BrClN2O3. The quantitative estimate of drug-likeness (QED) is 0.473. The Labute approximate surface area is 131 Å². The highest BCUT2D eigenvalue weighted by Gasteiger charge is 2.29. The highest BCUT2D eigenvalue weighted by atomic mass is 79.9. The summed E-state index contributed by atoms with van der Waals surface area (Å²) in [4.78, 5) is 22.7. The van der Waals surface area contributed by atoms with E-state index in [4.69, 9.17) is 11.6 Å². The van der Waals surface area contributed by atoms with Crippen molar-refractivity contribution in [3.8, 4) is 0 Å². The summed E-state index contributed by atoms with van der Waals surface area (Å²) in [5.74, 6) is -0.521. The summed E-state index contributed by atoms with van der Waals surface area (Å²) in [6.45, 7) is 3.85. The van der Waals surface area contributed by atoms with E-state index in [1.165, 1.54) is 18.2 Å². The maximum absolute atomic E-state index is 12.3. The summed E-state index contributed by atoms with van der Waals surface area (Å²) >= 11 is 9.28. The van der Waals surface area contributed by atoms with Crippen molar-refractivity contribution >= 4 is 39.1 Å². The zero-order chi connectivity index (χ0) is 15.3. The molecule has 0 heterocycles. The number of benzene rings is 1. The van der Waals surface area contributed by atoms with E-state index in [2.05, 4.69) is 21.2 Å². The zero-order valence-electron chi connectivity index (χ0n) is 11.3. The van der Waals surface area contributed by atoms with Crippen LogP contribution < -0.4 is 5.32 Å². The van der Waals surface area contributed by atoms with Crippen molar-refractivity contribution in [2.45, 2.75) is 32.2 Å². The maximum atomic E-state index is 12.3. The summed E-state index contributed by atoms with van der Waals surface area (Å²) in [5, 5.41) is 14.6. The third-order valence-corrected chi connectivity index (χ3v) is 3.97. The van der Waals surface area contributed by atoms with Crippen molar-refractivity contribution in [2.75, 3.05) is 5.33 Å². The summed E-state index contributed by atoms with van der Waals surface area (Å²) in [5.41, 5.74) is -0.811. The summed E-state index contributed by atoms with van der Waals surface area (Å²) in [7, 11) is 0. The fraction of sp³-hybridized carbons (Fsp3) is 0.462. The lowest BCUT2D eigenvalue weighted by Gasteiger charge is -2.29. The number of carbonyl (C=O) groups excluding carboxylic acids is 1. The highest BCUT2D eigenvalue weighted by molar-refractivity contribution is 9.09. The zero-order valence-corrected chi connectivity index (χ0v) is 13.6. The normalized spacial score (nSPS) is 13.6. The third kappa shape index (κ3) is 3.93. The minimum Gasteiger partial charge on any atom is -0.347 e. The molecule has 0 aromatic heterocycles. The Kier molecular flexibility index (Phi) is 5.95. The Morgan fingerprint density at radius 1 is 1.55 bits per heavy atom. The van der Waals surface area contributed by atoms with Crippen LogP contribution in [0.4, 0.5) is 5.69 Å². The molecule has 1 amide bonds. The van der Waals surface area contributed by atoms with E-state index in [1.54, 1.807) is 0 Å². The van der Waals surface area contributed by atoms with E-state index >= 15 is 0 Å². The molecule has 0 bridgehead atoms. The molecule has 110 valence electrons. The number of nitro groups is 1. The van der Waals surface area contributed by atoms with Crippen LogP contribution >= 0.6 is 27.5 Å². The van der Waals surface area contributed by atoms with E-state index < -0.39 is 16.4 Å². The average molecular weight is 364 g/mol. The Hall–Kier alpha value is -1.14. The standard InChI is InChI=1S/C13H16BrClN2O3/c1-3-13(2,7-8-14)16-12(18)11-9(15)5-4-6-10(11)17(19)20/h4-6H,3,7-8H2,1-2H3,(H,16,18). The lowest BCUT2D eigenvalue weighted by molar-refractivity contribution is -0.385. The number of nitrogens with one attached hydrogen (secondary N) is 1. The van der Waals surface area contributed by atoms with Crippen LogP contribution in [0.5, 0.6) is 0 Å². The largest absolute Gasteiger partial charge is 0.347 e. The molecule has 7 heteroatoms. The minimum atomic E-state index is -0.603. The first-order valence-electron chi connectivity index (χ1n) is 6.16. The minimum absolute atomic E-state index is 0.0778. The molecular weight excluding hydrogens is 348 g/mol. The van der Waals surface area contributed by atoms with Gasteiger partial charge in [-0.15, -0.1) is 0 Å². The van der Waals surface area contributed by atoms with Crippen LogP contribution in [0.3, 0.4) is 0 Å². The molecule has 20 heavy (non-hydrogen) atoms. The van der Waals surface area contributed by atoms with Gasteiger partial charge in [0.05, 0.1) is 9.95 Å². The van der Waals surface area contributed by atoms with Gasteiger partial charge in [-0.25, -0.2) is 0 Å². The number of amides is 1. The molecule has 1 N–H and O–H groups in total. The van der Waals surface area contributed by atoms with E-state index in [-0.39, 0.29) is 16.3 Å². The van der Waals surface area contributed by atoms with E-state index in [0.29, 0.717) is 12.8 Å². The van der Waals surface area contributed by atoms with E-state index in [0.717, 1.165) is 5.33 Å². The number of nitrogens with zero attached hydrogens (tertiary/aromatic N) is 1. The molecule has 0 saturated carbocycles. The Balaban J connectivity index is 3.12. The first kappa shape index (κ1) is 16.9. The van der Waals surface area contributed by atoms with Crippen molar-refractivity contribution in [3.05, 3.63) is 38.9 Å². The van der Waals surface area contributed by atoms with Crippen LogP contribution in [-0.4, -0.2) is 21.7 Å². The lowest BCUT2D eigenvalue weighted by Crippen LogP contribution is -2.46. The number of nitro benzene ring substituents is 1. The number of rotatable bonds is 6. The average Bonchev–Trinajstić information content (AvgIpc) is 2.38. The van der Waals surface area contributed by atoms with Gasteiger partial charge in [-0.1, -0.05) is 40.5 Å². The fourth-order valence-corrected chi connectivity index (χ4v) is 2.89. The lowest BCUT2D eigenvalue weighted by atomic mass is 9.95. The molecule has 1 aromatic rings. The molecule has 0 spiro atoms. The topological polar surface area (TPSA) is 72.2 Å². The molecule has 1 unspecified atom stereocenters. The molecule has 0 aliphatic carbocycles. The van der Waals surface area contributed by atoms with Gasteiger partial charge in [-0.3, -0.25) is 14.9 Å². The highest BCUT2D eigenvalue weighted by Crippen LogP contribution is 2.27. The smallest absolute Gasteiger partial charge is 0.283 e. The van der Waals surface area contributed by atoms with Gasteiger partial charge in [0.15, 0.2) is 0 Å². The monoisotopic (exact) mass is 362 g/mol. The fourth-order valence-electron chi connectivity index (χ4n) is 1.76. The Bertz CT molecular complexity index is 524. The summed E-state index contributed by atoms with van der Waals surface area (Å²) in [6.07, 6.45) is 1.43. The molecule has 5 nitrogen and oxygen atoms in total. The van der Waals surface area contributed by atoms with Gasteiger partial charge in [0.25, 0.3) is 11.6 Å². The van der Waals surface area contributed by atoms with Crippen LogP contribution in [0.1, 0.15) is 37.0 Å². The molecule has 1 atom stereocenters. The predicted molar refractivity (Wildman–Crippen MR) is 82.7 cm³/mol. The van der Waals surface area contributed by atoms with Crippen molar-refractivity contribution in [1.29, 1.82) is 0 Å². The Morgan fingerprint density at radius 2 is 2.20 bits per heavy atom.